The highest BCUT2D eigenvalue weighted by atomic mass is 16.5. The summed E-state index contributed by atoms with van der Waals surface area (Å²) in [6, 6.07) is 10.5. The Labute approximate surface area is 165 Å². The zero-order valence-corrected chi connectivity index (χ0v) is 16.2. The molecule has 0 radical (unpaired) electrons. The van der Waals surface area contributed by atoms with E-state index >= 15 is 0 Å². The van der Waals surface area contributed by atoms with Gasteiger partial charge in [-0.05, 0) is 30.9 Å². The number of carboxylic acids is 1. The van der Waals surface area contributed by atoms with Crippen molar-refractivity contribution in [1.29, 1.82) is 0 Å². The molecule has 1 aromatic carbocycles. The van der Waals surface area contributed by atoms with E-state index in [4.69, 9.17) is 4.74 Å². The minimum atomic E-state index is -1.45. The smallest absolute Gasteiger partial charge is 0.337 e. The normalized spacial score (nSPS) is 24.8. The van der Waals surface area contributed by atoms with E-state index in [0.29, 0.717) is 12.8 Å². The van der Waals surface area contributed by atoms with Crippen LogP contribution in [0.2, 0.25) is 0 Å². The molecule has 2 fully saturated rings. The SMILES string of the molecule is O=C1C[C@H]2O/C(=C\CO)[C@](CCCCCCCCc3ccccc3)(C(=O)O)N12. The molecule has 1 aromatic rings. The average Bonchev–Trinajstić information content (AvgIpc) is 2.93. The number of carbonyl (C=O) groups excluding carboxylic acids is 1. The fraction of sp³-hybridized carbons (Fsp3) is 0.545. The minimum absolute atomic E-state index is 0.199. The van der Waals surface area contributed by atoms with Crippen LogP contribution in [0.25, 0.3) is 0 Å². The van der Waals surface area contributed by atoms with Crippen LogP contribution in [0, 0.1) is 0 Å². The van der Waals surface area contributed by atoms with Crippen molar-refractivity contribution in [3.05, 3.63) is 47.7 Å². The predicted octanol–water partition coefficient (Wildman–Crippen LogP) is 3.25. The summed E-state index contributed by atoms with van der Waals surface area (Å²) >= 11 is 0. The van der Waals surface area contributed by atoms with Crippen LogP contribution in [-0.2, 0) is 20.7 Å². The molecule has 0 saturated carbocycles. The maximum absolute atomic E-state index is 12.1. The van der Waals surface area contributed by atoms with Gasteiger partial charge in [-0.3, -0.25) is 9.69 Å². The van der Waals surface area contributed by atoms with Crippen molar-refractivity contribution in [2.24, 2.45) is 0 Å². The second-order valence-corrected chi connectivity index (χ2v) is 7.56. The molecule has 0 aliphatic carbocycles. The Morgan fingerprint density at radius 3 is 2.46 bits per heavy atom. The molecule has 2 N–H and O–H groups in total. The van der Waals surface area contributed by atoms with Gasteiger partial charge in [0.15, 0.2) is 6.23 Å². The molecular formula is C22H29NO5. The highest BCUT2D eigenvalue weighted by Gasteiger charge is 2.64. The number of β-lactam (4-membered cyclic amide) rings is 1. The van der Waals surface area contributed by atoms with E-state index in [1.165, 1.54) is 16.5 Å². The summed E-state index contributed by atoms with van der Waals surface area (Å²) in [5.41, 5.74) is -0.0835. The number of aliphatic hydroxyl groups excluding tert-OH is 1. The largest absolute Gasteiger partial charge is 0.479 e. The Morgan fingerprint density at radius 1 is 1.14 bits per heavy atom. The Morgan fingerprint density at radius 2 is 1.82 bits per heavy atom. The van der Waals surface area contributed by atoms with Crippen LogP contribution >= 0.6 is 0 Å². The summed E-state index contributed by atoms with van der Waals surface area (Å²) < 4.78 is 5.63. The maximum Gasteiger partial charge on any atom is 0.337 e. The van der Waals surface area contributed by atoms with Gasteiger partial charge in [0.2, 0.25) is 11.4 Å². The van der Waals surface area contributed by atoms with Crippen molar-refractivity contribution < 1.29 is 24.5 Å². The molecule has 0 aromatic heterocycles. The third kappa shape index (κ3) is 4.07. The van der Waals surface area contributed by atoms with Crippen molar-refractivity contribution in [3.63, 3.8) is 0 Å². The number of hydrogen-bond donors (Lipinski definition) is 2. The Bertz CT molecular complexity index is 717. The highest BCUT2D eigenvalue weighted by molar-refractivity contribution is 5.94. The lowest BCUT2D eigenvalue weighted by Crippen LogP contribution is -2.62. The molecule has 0 unspecified atom stereocenters. The molecule has 6 nitrogen and oxygen atoms in total. The van der Waals surface area contributed by atoms with E-state index in [2.05, 4.69) is 24.3 Å². The molecule has 6 heteroatoms. The first-order valence-electron chi connectivity index (χ1n) is 10.2. The number of unbranched alkanes of at least 4 members (excludes halogenated alkanes) is 5. The van der Waals surface area contributed by atoms with Gasteiger partial charge < -0.3 is 14.9 Å². The molecule has 28 heavy (non-hydrogen) atoms. The average molecular weight is 387 g/mol. The molecule has 2 atom stereocenters. The van der Waals surface area contributed by atoms with Crippen LogP contribution in [0.15, 0.2) is 42.2 Å². The fourth-order valence-electron chi connectivity index (χ4n) is 4.22. The molecule has 1 amide bonds. The fourth-order valence-corrected chi connectivity index (χ4v) is 4.22. The van der Waals surface area contributed by atoms with Gasteiger partial charge in [0, 0.05) is 0 Å². The molecular weight excluding hydrogens is 358 g/mol. The third-order valence-corrected chi connectivity index (χ3v) is 5.72. The lowest BCUT2D eigenvalue weighted by atomic mass is 9.86. The number of hydrogen-bond acceptors (Lipinski definition) is 4. The number of carboxylic acid groups (broad SMARTS) is 1. The van der Waals surface area contributed by atoms with Gasteiger partial charge in [-0.15, -0.1) is 0 Å². The van der Waals surface area contributed by atoms with Gasteiger partial charge >= 0.3 is 5.97 Å². The minimum Gasteiger partial charge on any atom is -0.479 e. The number of nitrogens with zero attached hydrogens (tertiary/aromatic N) is 1. The topological polar surface area (TPSA) is 87.1 Å². The zero-order chi connectivity index (χ0) is 20.0. The Hall–Kier alpha value is -2.34. The number of amides is 1. The number of aliphatic hydroxyl groups is 1. The Balaban J connectivity index is 1.43. The summed E-state index contributed by atoms with van der Waals surface area (Å²) in [6.45, 7) is -0.305. The number of benzene rings is 1. The summed E-state index contributed by atoms with van der Waals surface area (Å²) in [6.07, 6.45) is 8.59. The zero-order valence-electron chi connectivity index (χ0n) is 16.2. The van der Waals surface area contributed by atoms with Crippen molar-refractivity contribution in [1.82, 2.24) is 4.90 Å². The molecule has 2 aliphatic rings. The van der Waals surface area contributed by atoms with E-state index < -0.39 is 17.7 Å². The van der Waals surface area contributed by atoms with Crippen molar-refractivity contribution in [3.8, 4) is 0 Å². The van der Waals surface area contributed by atoms with Crippen molar-refractivity contribution in [2.75, 3.05) is 6.61 Å². The van der Waals surface area contributed by atoms with Crippen LogP contribution < -0.4 is 0 Å². The second-order valence-electron chi connectivity index (χ2n) is 7.56. The van der Waals surface area contributed by atoms with Crippen molar-refractivity contribution >= 4 is 11.9 Å². The molecule has 2 aliphatic heterocycles. The van der Waals surface area contributed by atoms with E-state index in [1.807, 2.05) is 6.07 Å². The lowest BCUT2D eigenvalue weighted by molar-refractivity contribution is -0.171. The Kier molecular flexibility index (Phi) is 6.73. The van der Waals surface area contributed by atoms with Crippen LogP contribution in [0.1, 0.15) is 56.9 Å². The maximum atomic E-state index is 12.1. The van der Waals surface area contributed by atoms with Crippen LogP contribution in [-0.4, -0.2) is 45.4 Å². The number of fused-ring (bicyclic) bond motifs is 1. The molecule has 152 valence electrons. The van der Waals surface area contributed by atoms with E-state index in [0.717, 1.165) is 38.5 Å². The first-order chi connectivity index (χ1) is 13.6. The number of rotatable bonds is 11. The number of carbonyl (C=O) groups is 2. The first kappa shape index (κ1) is 20.4. The quantitative estimate of drug-likeness (QED) is 0.450. The van der Waals surface area contributed by atoms with Gasteiger partial charge in [0.25, 0.3) is 0 Å². The van der Waals surface area contributed by atoms with Crippen molar-refractivity contribution in [2.45, 2.75) is 69.6 Å². The molecule has 3 rings (SSSR count). The molecule has 0 bridgehead atoms. The third-order valence-electron chi connectivity index (χ3n) is 5.72. The first-order valence-corrected chi connectivity index (χ1v) is 10.2. The highest BCUT2D eigenvalue weighted by Crippen LogP contribution is 2.46. The lowest BCUT2D eigenvalue weighted by Gasteiger charge is -2.40. The predicted molar refractivity (Wildman–Crippen MR) is 104 cm³/mol. The van der Waals surface area contributed by atoms with E-state index in [9.17, 15) is 19.8 Å². The number of ether oxygens (including phenoxy) is 1. The van der Waals surface area contributed by atoms with E-state index in [-0.39, 0.29) is 24.7 Å². The summed E-state index contributed by atoms with van der Waals surface area (Å²) in [5, 5.41) is 19.1. The van der Waals surface area contributed by atoms with E-state index in [1.54, 1.807) is 0 Å². The number of aryl methyl sites for hydroxylation is 1. The molecule has 2 saturated heterocycles. The molecule has 0 spiro atoms. The summed E-state index contributed by atoms with van der Waals surface area (Å²) in [5.74, 6) is -1.07. The van der Waals surface area contributed by atoms with Crippen LogP contribution in [0.5, 0.6) is 0 Å². The standard InChI is InChI=1S/C22H29NO5/c24-15-13-18-22(21(26)27,23-19(25)16-20(23)28-18)14-9-4-2-1-3-6-10-17-11-7-5-8-12-17/h5,7-8,11-13,20,24H,1-4,6,9-10,14-16H2,(H,26,27)/b18-13-/t20-,22-/m1/s1. The summed E-state index contributed by atoms with van der Waals surface area (Å²) in [7, 11) is 0. The second kappa shape index (κ2) is 9.24. The van der Waals surface area contributed by atoms with Gasteiger partial charge in [-0.1, -0.05) is 62.4 Å². The van der Waals surface area contributed by atoms with Crippen LogP contribution in [0.4, 0.5) is 0 Å². The van der Waals surface area contributed by atoms with Gasteiger partial charge in [0.05, 0.1) is 13.0 Å². The van der Waals surface area contributed by atoms with Gasteiger partial charge in [-0.2, -0.15) is 0 Å². The monoisotopic (exact) mass is 387 g/mol. The van der Waals surface area contributed by atoms with Crippen LogP contribution in [0.3, 0.4) is 0 Å². The van der Waals surface area contributed by atoms with Gasteiger partial charge in [-0.25, -0.2) is 4.79 Å². The number of aliphatic carboxylic acids is 1. The summed E-state index contributed by atoms with van der Waals surface area (Å²) in [4.78, 5) is 25.4. The molecule has 2 heterocycles. The van der Waals surface area contributed by atoms with Gasteiger partial charge in [0.1, 0.15) is 5.76 Å².